The van der Waals surface area contributed by atoms with Crippen LogP contribution in [0, 0.1) is 17.3 Å². The predicted octanol–water partition coefficient (Wildman–Crippen LogP) is 2.88. The molecule has 0 aromatic carbocycles. The summed E-state index contributed by atoms with van der Waals surface area (Å²) in [5.41, 5.74) is -0.480. The van der Waals surface area contributed by atoms with Crippen LogP contribution in [0.4, 0.5) is 0 Å². The summed E-state index contributed by atoms with van der Waals surface area (Å²) in [6.07, 6.45) is 1.62. The van der Waals surface area contributed by atoms with Crippen molar-refractivity contribution in [3.8, 4) is 0 Å². The Bertz CT molecular complexity index is 199. The van der Waals surface area contributed by atoms with Gasteiger partial charge >= 0.3 is 5.97 Å². The van der Waals surface area contributed by atoms with Crippen molar-refractivity contribution in [1.29, 1.82) is 0 Å². The predicted molar refractivity (Wildman–Crippen MR) is 65.2 cm³/mol. The Kier molecular flexibility index (Phi) is 6.65. The van der Waals surface area contributed by atoms with Crippen molar-refractivity contribution < 1.29 is 14.3 Å². The number of hydrogen-bond donors (Lipinski definition) is 0. The third-order valence-corrected chi connectivity index (χ3v) is 2.64. The van der Waals surface area contributed by atoms with Gasteiger partial charge in [-0.3, -0.25) is 4.79 Å². The first-order chi connectivity index (χ1) is 7.38. The molecule has 0 aliphatic carbocycles. The van der Waals surface area contributed by atoms with Gasteiger partial charge in [-0.2, -0.15) is 0 Å². The van der Waals surface area contributed by atoms with Crippen LogP contribution in [-0.4, -0.2) is 26.8 Å². The highest BCUT2D eigenvalue weighted by atomic mass is 16.5. The van der Waals surface area contributed by atoms with Crippen molar-refractivity contribution in [3.63, 3.8) is 0 Å². The molecule has 3 heteroatoms. The maximum absolute atomic E-state index is 12.0. The SMILES string of the molecule is COCC(CC(C)C)(CC(C)C)C(=O)OC. The van der Waals surface area contributed by atoms with Crippen LogP contribution in [0.2, 0.25) is 0 Å². The van der Waals surface area contributed by atoms with Crippen LogP contribution in [0.15, 0.2) is 0 Å². The molecule has 0 rings (SSSR count). The van der Waals surface area contributed by atoms with Gasteiger partial charge in [-0.15, -0.1) is 0 Å². The van der Waals surface area contributed by atoms with Gasteiger partial charge in [-0.05, 0) is 24.7 Å². The number of ether oxygens (including phenoxy) is 2. The molecule has 0 saturated carbocycles. The normalized spacial score (nSPS) is 12.2. The van der Waals surface area contributed by atoms with E-state index in [1.165, 1.54) is 7.11 Å². The van der Waals surface area contributed by atoms with E-state index in [4.69, 9.17) is 9.47 Å². The smallest absolute Gasteiger partial charge is 0.314 e. The first-order valence-electron chi connectivity index (χ1n) is 5.95. The van der Waals surface area contributed by atoms with Crippen molar-refractivity contribution in [2.24, 2.45) is 17.3 Å². The second kappa shape index (κ2) is 6.89. The fourth-order valence-electron chi connectivity index (χ4n) is 2.48. The van der Waals surface area contributed by atoms with Crippen LogP contribution >= 0.6 is 0 Å². The topological polar surface area (TPSA) is 35.5 Å². The zero-order valence-corrected chi connectivity index (χ0v) is 11.5. The molecule has 0 atom stereocenters. The summed E-state index contributed by atoms with van der Waals surface area (Å²) in [6, 6.07) is 0. The molecule has 0 fully saturated rings. The molecule has 0 amide bonds. The Labute approximate surface area is 99.5 Å². The van der Waals surface area contributed by atoms with E-state index < -0.39 is 5.41 Å². The van der Waals surface area contributed by atoms with Crippen LogP contribution < -0.4 is 0 Å². The fourth-order valence-corrected chi connectivity index (χ4v) is 2.48. The molecule has 0 radical (unpaired) electrons. The van der Waals surface area contributed by atoms with Gasteiger partial charge in [-0.25, -0.2) is 0 Å². The van der Waals surface area contributed by atoms with Crippen molar-refractivity contribution in [2.75, 3.05) is 20.8 Å². The summed E-state index contributed by atoms with van der Waals surface area (Å²) < 4.78 is 10.2. The molecule has 0 aliphatic heterocycles. The number of hydrogen-bond acceptors (Lipinski definition) is 3. The van der Waals surface area contributed by atoms with Gasteiger partial charge in [0.1, 0.15) is 0 Å². The number of rotatable bonds is 7. The van der Waals surface area contributed by atoms with Gasteiger partial charge in [0.2, 0.25) is 0 Å². The number of esters is 1. The molecule has 0 spiro atoms. The third-order valence-electron chi connectivity index (χ3n) is 2.64. The van der Waals surface area contributed by atoms with E-state index in [1.807, 2.05) is 0 Å². The largest absolute Gasteiger partial charge is 0.469 e. The van der Waals surface area contributed by atoms with E-state index in [0.717, 1.165) is 12.8 Å². The molecule has 0 bridgehead atoms. The monoisotopic (exact) mass is 230 g/mol. The minimum atomic E-state index is -0.480. The van der Waals surface area contributed by atoms with Gasteiger partial charge in [0, 0.05) is 7.11 Å². The lowest BCUT2D eigenvalue weighted by Crippen LogP contribution is -2.39. The van der Waals surface area contributed by atoms with Crippen molar-refractivity contribution in [2.45, 2.75) is 40.5 Å². The Morgan fingerprint density at radius 1 is 1.06 bits per heavy atom. The number of methoxy groups -OCH3 is 2. The van der Waals surface area contributed by atoms with Gasteiger partial charge in [0.25, 0.3) is 0 Å². The van der Waals surface area contributed by atoms with Crippen LogP contribution in [0.3, 0.4) is 0 Å². The number of carbonyl (C=O) groups is 1. The molecule has 3 nitrogen and oxygen atoms in total. The van der Waals surface area contributed by atoms with Gasteiger partial charge in [0.05, 0.1) is 19.1 Å². The van der Waals surface area contributed by atoms with Crippen LogP contribution in [0.1, 0.15) is 40.5 Å². The molecule has 0 aromatic heterocycles. The van der Waals surface area contributed by atoms with Gasteiger partial charge < -0.3 is 9.47 Å². The lowest BCUT2D eigenvalue weighted by Gasteiger charge is -2.33. The summed E-state index contributed by atoms with van der Waals surface area (Å²) >= 11 is 0. The van der Waals surface area contributed by atoms with Crippen molar-refractivity contribution in [3.05, 3.63) is 0 Å². The zero-order valence-electron chi connectivity index (χ0n) is 11.5. The maximum atomic E-state index is 12.0. The summed E-state index contributed by atoms with van der Waals surface area (Å²) in [5, 5.41) is 0. The molecule has 0 aromatic rings. The minimum absolute atomic E-state index is 0.142. The van der Waals surface area contributed by atoms with Crippen molar-refractivity contribution >= 4 is 5.97 Å². The third kappa shape index (κ3) is 4.52. The lowest BCUT2D eigenvalue weighted by molar-refractivity contribution is -0.159. The first kappa shape index (κ1) is 15.4. The van der Waals surface area contributed by atoms with E-state index in [0.29, 0.717) is 18.4 Å². The highest BCUT2D eigenvalue weighted by Crippen LogP contribution is 2.35. The molecule has 96 valence electrons. The molecule has 0 N–H and O–H groups in total. The molecular weight excluding hydrogens is 204 g/mol. The molecular formula is C13H26O3. The maximum Gasteiger partial charge on any atom is 0.314 e. The summed E-state index contributed by atoms with van der Waals surface area (Å²) in [7, 11) is 3.09. The molecule has 0 unspecified atom stereocenters. The number of carbonyl (C=O) groups excluding carboxylic acids is 1. The van der Waals surface area contributed by atoms with Crippen LogP contribution in [-0.2, 0) is 14.3 Å². The minimum Gasteiger partial charge on any atom is -0.469 e. The highest BCUT2D eigenvalue weighted by Gasteiger charge is 2.40. The molecule has 0 heterocycles. The average molecular weight is 230 g/mol. The van der Waals surface area contributed by atoms with E-state index in [-0.39, 0.29) is 5.97 Å². The van der Waals surface area contributed by atoms with E-state index in [9.17, 15) is 4.79 Å². The molecule has 0 saturated heterocycles. The summed E-state index contributed by atoms with van der Waals surface area (Å²) in [5.74, 6) is 0.762. The quantitative estimate of drug-likeness (QED) is 0.631. The summed E-state index contributed by atoms with van der Waals surface area (Å²) in [4.78, 5) is 12.0. The molecule has 16 heavy (non-hydrogen) atoms. The Balaban J connectivity index is 4.95. The van der Waals surface area contributed by atoms with Crippen LogP contribution in [0.25, 0.3) is 0 Å². The van der Waals surface area contributed by atoms with E-state index in [2.05, 4.69) is 27.7 Å². The second-order valence-electron chi connectivity index (χ2n) is 5.40. The van der Waals surface area contributed by atoms with Crippen LogP contribution in [0.5, 0.6) is 0 Å². The zero-order chi connectivity index (χ0) is 12.8. The first-order valence-corrected chi connectivity index (χ1v) is 5.95. The lowest BCUT2D eigenvalue weighted by atomic mass is 9.75. The second-order valence-corrected chi connectivity index (χ2v) is 5.40. The molecule has 0 aliphatic rings. The average Bonchev–Trinajstić information content (AvgIpc) is 2.14. The van der Waals surface area contributed by atoms with Gasteiger partial charge in [-0.1, -0.05) is 27.7 Å². The highest BCUT2D eigenvalue weighted by molar-refractivity contribution is 5.77. The Morgan fingerprint density at radius 3 is 1.75 bits per heavy atom. The fraction of sp³-hybridized carbons (Fsp3) is 0.923. The standard InChI is InChI=1S/C13H26O3/c1-10(2)7-13(9-15-5,8-11(3)4)12(14)16-6/h10-11H,7-9H2,1-6H3. The van der Waals surface area contributed by atoms with E-state index in [1.54, 1.807) is 7.11 Å². The van der Waals surface area contributed by atoms with Gasteiger partial charge in [0.15, 0.2) is 0 Å². The van der Waals surface area contributed by atoms with Crippen molar-refractivity contribution in [1.82, 2.24) is 0 Å². The summed E-state index contributed by atoms with van der Waals surface area (Å²) in [6.45, 7) is 8.92. The van der Waals surface area contributed by atoms with E-state index >= 15 is 0 Å². The Morgan fingerprint density at radius 2 is 1.50 bits per heavy atom. The Hall–Kier alpha value is -0.570.